The maximum absolute atomic E-state index is 14.8. The Morgan fingerprint density at radius 2 is 2.00 bits per heavy atom. The quantitative estimate of drug-likeness (QED) is 0.904. The summed E-state index contributed by atoms with van der Waals surface area (Å²) in [4.78, 5) is 20.2. The van der Waals surface area contributed by atoms with E-state index in [1.807, 2.05) is 17.0 Å². The van der Waals surface area contributed by atoms with Crippen LogP contribution in [0.2, 0.25) is 0 Å². The maximum Gasteiger partial charge on any atom is 0.271 e. The molecule has 2 saturated heterocycles. The number of aromatic nitrogens is 3. The molecule has 0 saturated carbocycles. The summed E-state index contributed by atoms with van der Waals surface area (Å²) in [7, 11) is 0. The standard InChI is InChI=1S/C17H19F2N5O/c18-17(19)6-10-24(15(25)13-4-8-21-22-13)12-16(17)5-9-23(11-16)14-3-1-2-7-20-14/h1-4,7-8H,5-6,9-12H2,(H,21,22)/t16-/m1/s1. The van der Waals surface area contributed by atoms with Crippen LogP contribution in [0.15, 0.2) is 36.7 Å². The lowest BCUT2D eigenvalue weighted by Gasteiger charge is -2.45. The van der Waals surface area contributed by atoms with Crippen molar-refractivity contribution in [2.45, 2.75) is 18.8 Å². The van der Waals surface area contributed by atoms with Gasteiger partial charge in [0.1, 0.15) is 11.5 Å². The molecule has 2 aromatic rings. The molecule has 8 heteroatoms. The summed E-state index contributed by atoms with van der Waals surface area (Å²) in [6.07, 6.45) is 3.17. The number of rotatable bonds is 2. The summed E-state index contributed by atoms with van der Waals surface area (Å²) >= 11 is 0. The fourth-order valence-corrected chi connectivity index (χ4v) is 3.86. The highest BCUT2D eigenvalue weighted by Crippen LogP contribution is 2.50. The summed E-state index contributed by atoms with van der Waals surface area (Å²) in [5, 5.41) is 6.39. The average Bonchev–Trinajstić information content (AvgIpc) is 3.29. The van der Waals surface area contributed by atoms with Gasteiger partial charge in [0, 0.05) is 45.0 Å². The molecule has 4 rings (SSSR count). The Morgan fingerprint density at radius 3 is 2.72 bits per heavy atom. The highest BCUT2D eigenvalue weighted by atomic mass is 19.3. The van der Waals surface area contributed by atoms with Crippen molar-refractivity contribution in [3.8, 4) is 0 Å². The number of piperidine rings is 1. The smallest absolute Gasteiger partial charge is 0.271 e. The number of hydrogen-bond acceptors (Lipinski definition) is 4. The number of anilines is 1. The lowest BCUT2D eigenvalue weighted by Crippen LogP contribution is -2.58. The second-order valence-electron chi connectivity index (χ2n) is 6.79. The Morgan fingerprint density at radius 1 is 1.12 bits per heavy atom. The highest BCUT2D eigenvalue weighted by molar-refractivity contribution is 5.92. The van der Waals surface area contributed by atoms with E-state index in [2.05, 4.69) is 15.2 Å². The van der Waals surface area contributed by atoms with E-state index in [-0.39, 0.29) is 32.0 Å². The van der Waals surface area contributed by atoms with Crippen LogP contribution in [0.3, 0.4) is 0 Å². The fraction of sp³-hybridized carbons (Fsp3) is 0.471. The van der Waals surface area contributed by atoms with Crippen LogP contribution in [0.25, 0.3) is 0 Å². The monoisotopic (exact) mass is 347 g/mol. The molecular formula is C17H19F2N5O. The van der Waals surface area contributed by atoms with Gasteiger partial charge in [-0.3, -0.25) is 9.89 Å². The number of H-pyrrole nitrogens is 1. The summed E-state index contributed by atoms with van der Waals surface area (Å²) in [6, 6.07) is 7.04. The Bertz CT molecular complexity index is 752. The summed E-state index contributed by atoms with van der Waals surface area (Å²) in [6.45, 7) is 0.805. The molecule has 132 valence electrons. The molecule has 2 fully saturated rings. The lowest BCUT2D eigenvalue weighted by atomic mass is 9.75. The third-order valence-electron chi connectivity index (χ3n) is 5.31. The molecule has 0 radical (unpaired) electrons. The Labute approximate surface area is 143 Å². The second kappa shape index (κ2) is 5.79. The van der Waals surface area contributed by atoms with Crippen molar-refractivity contribution in [3.63, 3.8) is 0 Å². The predicted octanol–water partition coefficient (Wildman–Crippen LogP) is 2.18. The number of nitrogens with one attached hydrogen (secondary N) is 1. The minimum absolute atomic E-state index is 0.0428. The molecule has 0 aliphatic carbocycles. The molecule has 0 aromatic carbocycles. The molecule has 2 aliphatic rings. The molecule has 2 aromatic heterocycles. The normalized spacial score (nSPS) is 25.5. The number of alkyl halides is 2. The Balaban J connectivity index is 1.57. The van der Waals surface area contributed by atoms with Crippen molar-refractivity contribution in [3.05, 3.63) is 42.4 Å². The number of amides is 1. The van der Waals surface area contributed by atoms with Gasteiger partial charge in [0.2, 0.25) is 0 Å². The van der Waals surface area contributed by atoms with Crippen LogP contribution < -0.4 is 4.90 Å². The van der Waals surface area contributed by atoms with Gasteiger partial charge in [0.25, 0.3) is 11.8 Å². The molecule has 1 atom stereocenters. The van der Waals surface area contributed by atoms with Gasteiger partial charge in [-0.25, -0.2) is 13.8 Å². The summed E-state index contributed by atoms with van der Waals surface area (Å²) in [5.41, 5.74) is -0.904. The number of likely N-dealkylation sites (tertiary alicyclic amines) is 1. The van der Waals surface area contributed by atoms with Crippen LogP contribution >= 0.6 is 0 Å². The van der Waals surface area contributed by atoms with Gasteiger partial charge in [-0.1, -0.05) is 6.07 Å². The molecule has 25 heavy (non-hydrogen) atoms. The third kappa shape index (κ3) is 2.65. The number of halogens is 2. The number of nitrogens with zero attached hydrogens (tertiary/aromatic N) is 4. The molecular weight excluding hydrogens is 328 g/mol. The molecule has 6 nitrogen and oxygen atoms in total. The minimum atomic E-state index is -2.80. The van der Waals surface area contributed by atoms with Gasteiger partial charge in [-0.05, 0) is 24.6 Å². The van der Waals surface area contributed by atoms with E-state index >= 15 is 0 Å². The molecule has 1 spiro atoms. The van der Waals surface area contributed by atoms with Crippen molar-refractivity contribution in [2.75, 3.05) is 31.1 Å². The van der Waals surface area contributed by atoms with Crippen LogP contribution in [-0.4, -0.2) is 58.1 Å². The van der Waals surface area contributed by atoms with E-state index in [4.69, 9.17) is 0 Å². The van der Waals surface area contributed by atoms with Gasteiger partial charge in [-0.2, -0.15) is 5.10 Å². The number of aromatic amines is 1. The van der Waals surface area contributed by atoms with Crippen LogP contribution in [-0.2, 0) is 0 Å². The lowest BCUT2D eigenvalue weighted by molar-refractivity contribution is -0.150. The molecule has 1 N–H and O–H groups in total. The minimum Gasteiger partial charge on any atom is -0.356 e. The van der Waals surface area contributed by atoms with Crippen molar-refractivity contribution in [1.82, 2.24) is 20.1 Å². The number of carbonyl (C=O) groups is 1. The molecule has 1 amide bonds. The maximum atomic E-state index is 14.8. The van der Waals surface area contributed by atoms with Crippen LogP contribution in [0.4, 0.5) is 14.6 Å². The predicted molar refractivity (Wildman–Crippen MR) is 87.6 cm³/mol. The zero-order chi connectivity index (χ0) is 17.5. The zero-order valence-corrected chi connectivity index (χ0v) is 13.7. The van der Waals surface area contributed by atoms with Crippen molar-refractivity contribution in [2.24, 2.45) is 5.41 Å². The van der Waals surface area contributed by atoms with Gasteiger partial charge in [0.15, 0.2) is 0 Å². The average molecular weight is 347 g/mol. The number of pyridine rings is 1. The molecule has 2 aliphatic heterocycles. The number of carbonyl (C=O) groups excluding carboxylic acids is 1. The van der Waals surface area contributed by atoms with Gasteiger partial charge in [0.05, 0.1) is 5.41 Å². The Hall–Kier alpha value is -2.51. The van der Waals surface area contributed by atoms with E-state index < -0.39 is 11.3 Å². The van der Waals surface area contributed by atoms with Gasteiger partial charge < -0.3 is 9.80 Å². The van der Waals surface area contributed by atoms with E-state index in [9.17, 15) is 13.6 Å². The molecule has 0 unspecified atom stereocenters. The van der Waals surface area contributed by atoms with Crippen molar-refractivity contribution >= 4 is 11.7 Å². The first-order valence-corrected chi connectivity index (χ1v) is 8.33. The Kier molecular flexibility index (Phi) is 3.70. The van der Waals surface area contributed by atoms with E-state index in [0.717, 1.165) is 0 Å². The highest BCUT2D eigenvalue weighted by Gasteiger charge is 2.60. The van der Waals surface area contributed by atoms with E-state index in [0.29, 0.717) is 24.5 Å². The molecule has 4 heterocycles. The fourth-order valence-electron chi connectivity index (χ4n) is 3.86. The zero-order valence-electron chi connectivity index (χ0n) is 13.7. The number of hydrogen-bond donors (Lipinski definition) is 1. The van der Waals surface area contributed by atoms with E-state index in [1.165, 1.54) is 11.1 Å². The first kappa shape index (κ1) is 16.0. The SMILES string of the molecule is O=C(c1ccn[nH]1)N1CCC(F)(F)[C@@]2(CCN(c3ccccn3)C2)C1. The molecule has 0 bridgehead atoms. The van der Waals surface area contributed by atoms with Crippen LogP contribution in [0, 0.1) is 5.41 Å². The largest absolute Gasteiger partial charge is 0.356 e. The second-order valence-corrected chi connectivity index (χ2v) is 6.79. The van der Waals surface area contributed by atoms with Gasteiger partial charge in [-0.15, -0.1) is 0 Å². The van der Waals surface area contributed by atoms with E-state index in [1.54, 1.807) is 18.3 Å². The first-order valence-electron chi connectivity index (χ1n) is 8.33. The summed E-state index contributed by atoms with van der Waals surface area (Å²) < 4.78 is 29.7. The topological polar surface area (TPSA) is 65.1 Å². The van der Waals surface area contributed by atoms with Gasteiger partial charge >= 0.3 is 0 Å². The van der Waals surface area contributed by atoms with Crippen molar-refractivity contribution < 1.29 is 13.6 Å². The van der Waals surface area contributed by atoms with Crippen LogP contribution in [0.5, 0.6) is 0 Å². The third-order valence-corrected chi connectivity index (χ3v) is 5.31. The summed E-state index contributed by atoms with van der Waals surface area (Å²) in [5.74, 6) is -2.38. The first-order chi connectivity index (χ1) is 12.0. The van der Waals surface area contributed by atoms with Crippen LogP contribution in [0.1, 0.15) is 23.3 Å². The van der Waals surface area contributed by atoms with Crippen molar-refractivity contribution in [1.29, 1.82) is 0 Å².